The van der Waals surface area contributed by atoms with Crippen molar-refractivity contribution in [1.82, 2.24) is 25.6 Å². The quantitative estimate of drug-likeness (QED) is 0.397. The highest BCUT2D eigenvalue weighted by Gasteiger charge is 2.15. The minimum atomic E-state index is -0.216. The van der Waals surface area contributed by atoms with E-state index in [1.807, 2.05) is 0 Å². The van der Waals surface area contributed by atoms with Gasteiger partial charge in [-0.2, -0.15) is 0 Å². The number of oxazole rings is 1. The van der Waals surface area contributed by atoms with Gasteiger partial charge in [0.25, 0.3) is 0 Å². The van der Waals surface area contributed by atoms with Gasteiger partial charge in [0.2, 0.25) is 11.8 Å². The van der Waals surface area contributed by atoms with Crippen molar-refractivity contribution in [2.75, 3.05) is 13.1 Å². The Morgan fingerprint density at radius 1 is 1.07 bits per heavy atom. The molecule has 0 saturated carbocycles. The molecule has 12 heteroatoms. The van der Waals surface area contributed by atoms with Gasteiger partial charge in [0.05, 0.1) is 19.6 Å². The number of nitrogens with two attached hydrogens (primary N) is 1. The molecule has 3 rings (SSSR count). The fourth-order valence-electron chi connectivity index (χ4n) is 2.21. The van der Waals surface area contributed by atoms with Crippen LogP contribution in [0, 0.1) is 0 Å². The van der Waals surface area contributed by atoms with Crippen molar-refractivity contribution in [1.29, 1.82) is 0 Å². The number of Topliss-reactive ketones (excluding diaryl/α,β-unsaturated/α-hetero) is 2. The van der Waals surface area contributed by atoms with Crippen molar-refractivity contribution >= 4 is 40.1 Å². The zero-order valence-corrected chi connectivity index (χ0v) is 17.1. The molecule has 0 aliphatic carbocycles. The Kier molecular flexibility index (Phi) is 6.93. The highest BCUT2D eigenvalue weighted by Crippen LogP contribution is 2.23. The van der Waals surface area contributed by atoms with Gasteiger partial charge in [-0.25, -0.2) is 15.0 Å². The summed E-state index contributed by atoms with van der Waals surface area (Å²) in [5.41, 5.74) is 6.48. The minimum absolute atomic E-state index is 0.0789. The monoisotopic (exact) mass is 434 g/mol. The smallest absolute Gasteiger partial charge is 0.217 e. The van der Waals surface area contributed by atoms with E-state index in [1.165, 1.54) is 35.9 Å². The second kappa shape index (κ2) is 9.60. The predicted octanol–water partition coefficient (Wildman–Crippen LogP) is 1.00. The number of amides is 1. The van der Waals surface area contributed by atoms with Crippen molar-refractivity contribution in [3.63, 3.8) is 0 Å². The molecule has 152 valence electrons. The Bertz CT molecular complexity index is 1020. The Balaban J connectivity index is 1.52. The van der Waals surface area contributed by atoms with Gasteiger partial charge in [-0.05, 0) is 0 Å². The first kappa shape index (κ1) is 20.9. The highest BCUT2D eigenvalue weighted by molar-refractivity contribution is 7.13. The van der Waals surface area contributed by atoms with Crippen LogP contribution < -0.4 is 16.4 Å². The highest BCUT2D eigenvalue weighted by atomic mass is 32.1. The third-order valence-corrected chi connectivity index (χ3v) is 5.35. The van der Waals surface area contributed by atoms with Crippen LogP contribution in [0.15, 0.2) is 21.4 Å². The molecule has 0 atom stereocenters. The van der Waals surface area contributed by atoms with E-state index >= 15 is 0 Å². The molecule has 0 unspecified atom stereocenters. The molecule has 3 aromatic heterocycles. The second-order valence-corrected chi connectivity index (χ2v) is 7.66. The number of carbonyl (C=O) groups excluding carboxylic acids is 3. The number of hydrogen-bond donors (Lipinski definition) is 3. The summed E-state index contributed by atoms with van der Waals surface area (Å²) in [4.78, 5) is 47.5. The van der Waals surface area contributed by atoms with Gasteiger partial charge in [0.15, 0.2) is 11.6 Å². The van der Waals surface area contributed by atoms with Gasteiger partial charge in [0, 0.05) is 24.2 Å². The van der Waals surface area contributed by atoms with Gasteiger partial charge in [-0.15, -0.1) is 22.7 Å². The summed E-state index contributed by atoms with van der Waals surface area (Å²) in [7, 11) is 0. The molecule has 0 aromatic carbocycles. The molecule has 0 spiro atoms. The number of aromatic nitrogens is 3. The SMILES string of the molecule is CC(=O)NCc1nc(-c2nc(C(=O)CNCc3nc(C(=O)CN)cs3)cs2)co1. The van der Waals surface area contributed by atoms with E-state index in [0.29, 0.717) is 39.5 Å². The average molecular weight is 435 g/mol. The summed E-state index contributed by atoms with van der Waals surface area (Å²) in [5.74, 6) is -0.217. The van der Waals surface area contributed by atoms with Crippen molar-refractivity contribution < 1.29 is 18.8 Å². The van der Waals surface area contributed by atoms with Gasteiger partial charge in [-0.1, -0.05) is 0 Å². The Morgan fingerprint density at radius 3 is 2.59 bits per heavy atom. The Labute approximate surface area is 173 Å². The molecule has 3 heterocycles. The van der Waals surface area contributed by atoms with E-state index < -0.39 is 0 Å². The summed E-state index contributed by atoms with van der Waals surface area (Å²) >= 11 is 2.61. The molecule has 1 amide bonds. The molecule has 0 fully saturated rings. The summed E-state index contributed by atoms with van der Waals surface area (Å²) in [6.07, 6.45) is 1.44. The molecule has 29 heavy (non-hydrogen) atoms. The molecule has 3 aromatic rings. The maximum Gasteiger partial charge on any atom is 0.217 e. The zero-order valence-electron chi connectivity index (χ0n) is 15.4. The number of nitrogens with zero attached hydrogens (tertiary/aromatic N) is 3. The lowest BCUT2D eigenvalue weighted by molar-refractivity contribution is -0.119. The van der Waals surface area contributed by atoms with Crippen LogP contribution in [0.25, 0.3) is 10.7 Å². The number of nitrogens with one attached hydrogen (secondary N) is 2. The fourth-order valence-corrected chi connectivity index (χ4v) is 3.75. The van der Waals surface area contributed by atoms with E-state index in [0.717, 1.165) is 0 Å². The van der Waals surface area contributed by atoms with Crippen LogP contribution in [0.1, 0.15) is 38.8 Å². The van der Waals surface area contributed by atoms with E-state index in [2.05, 4.69) is 25.6 Å². The fraction of sp³-hybridized carbons (Fsp3) is 0.294. The van der Waals surface area contributed by atoms with Gasteiger partial charge in [0.1, 0.15) is 33.4 Å². The van der Waals surface area contributed by atoms with Crippen LogP contribution in [0.5, 0.6) is 0 Å². The third-order valence-electron chi connectivity index (χ3n) is 3.63. The molecule has 10 nitrogen and oxygen atoms in total. The number of rotatable bonds is 10. The Hall–Kier alpha value is -2.80. The maximum atomic E-state index is 12.3. The van der Waals surface area contributed by atoms with Crippen molar-refractivity contribution in [3.8, 4) is 10.7 Å². The van der Waals surface area contributed by atoms with Crippen LogP contribution >= 0.6 is 22.7 Å². The predicted molar refractivity (Wildman–Crippen MR) is 107 cm³/mol. The topological polar surface area (TPSA) is 153 Å². The van der Waals surface area contributed by atoms with Gasteiger partial charge >= 0.3 is 0 Å². The standard InChI is InChI=1S/C17H18N6O4S2/c1-9(24)20-4-15-21-10(6-27-15)17-23-12(8-29-17)14(26)3-19-5-16-22-11(7-28-16)13(25)2-18/h6-8,19H,2-5,18H2,1H3,(H,20,24). The summed E-state index contributed by atoms with van der Waals surface area (Å²) in [6.45, 7) is 1.95. The minimum Gasteiger partial charge on any atom is -0.446 e. The van der Waals surface area contributed by atoms with Crippen LogP contribution in [0.2, 0.25) is 0 Å². The summed E-state index contributed by atoms with van der Waals surface area (Å²) in [6, 6.07) is 0. The lowest BCUT2D eigenvalue weighted by Gasteiger charge is -1.99. The zero-order chi connectivity index (χ0) is 20.8. The van der Waals surface area contributed by atoms with Crippen LogP contribution in [0.3, 0.4) is 0 Å². The molecule has 0 radical (unpaired) electrons. The van der Waals surface area contributed by atoms with Gasteiger partial charge < -0.3 is 20.8 Å². The van der Waals surface area contributed by atoms with E-state index in [4.69, 9.17) is 10.2 Å². The molecule has 4 N–H and O–H groups in total. The van der Waals surface area contributed by atoms with Crippen LogP contribution in [-0.4, -0.2) is 45.5 Å². The maximum absolute atomic E-state index is 12.3. The molecular formula is C17H18N6O4S2. The molecule has 0 aliphatic rings. The summed E-state index contributed by atoms with van der Waals surface area (Å²) in [5, 5.41) is 10.1. The Morgan fingerprint density at radius 2 is 1.83 bits per heavy atom. The third kappa shape index (κ3) is 5.60. The van der Waals surface area contributed by atoms with Crippen LogP contribution in [0.4, 0.5) is 0 Å². The number of thiazole rings is 2. The molecule has 0 aliphatic heterocycles. The largest absolute Gasteiger partial charge is 0.446 e. The first-order valence-electron chi connectivity index (χ1n) is 8.52. The van der Waals surface area contributed by atoms with Gasteiger partial charge in [-0.3, -0.25) is 14.4 Å². The number of carbonyl (C=O) groups is 3. The first-order valence-corrected chi connectivity index (χ1v) is 10.3. The first-order chi connectivity index (χ1) is 14.0. The molecule has 0 saturated heterocycles. The summed E-state index contributed by atoms with van der Waals surface area (Å²) < 4.78 is 5.29. The van der Waals surface area contributed by atoms with Crippen LogP contribution in [-0.2, 0) is 17.9 Å². The van der Waals surface area contributed by atoms with Crippen molar-refractivity contribution in [3.05, 3.63) is 39.3 Å². The number of hydrogen-bond acceptors (Lipinski definition) is 11. The normalized spacial score (nSPS) is 10.8. The lowest BCUT2D eigenvalue weighted by atomic mass is 10.3. The number of ketones is 2. The van der Waals surface area contributed by atoms with E-state index in [1.54, 1.807) is 10.8 Å². The van der Waals surface area contributed by atoms with Crippen molar-refractivity contribution in [2.45, 2.75) is 20.0 Å². The molecule has 0 bridgehead atoms. The second-order valence-electron chi connectivity index (χ2n) is 5.85. The average Bonchev–Trinajstić information content (AvgIpc) is 3.45. The molecular weight excluding hydrogens is 416 g/mol. The van der Waals surface area contributed by atoms with E-state index in [9.17, 15) is 14.4 Å². The van der Waals surface area contributed by atoms with Crippen molar-refractivity contribution in [2.24, 2.45) is 5.73 Å². The van der Waals surface area contributed by atoms with E-state index in [-0.39, 0.29) is 37.1 Å². The lowest BCUT2D eigenvalue weighted by Crippen LogP contribution is -2.23.